The Kier molecular flexibility index (Phi) is 5.48. The van der Waals surface area contributed by atoms with Gasteiger partial charge >= 0.3 is 0 Å². The van der Waals surface area contributed by atoms with Crippen LogP contribution >= 0.6 is 27.5 Å². The molecule has 0 N–H and O–H groups in total. The summed E-state index contributed by atoms with van der Waals surface area (Å²) in [7, 11) is 2.14. The van der Waals surface area contributed by atoms with Crippen LogP contribution < -0.4 is 4.90 Å². The third-order valence-electron chi connectivity index (χ3n) is 3.94. The van der Waals surface area contributed by atoms with Gasteiger partial charge in [-0.3, -0.25) is 0 Å². The number of hydrogen-bond acceptors (Lipinski definition) is 3. The van der Waals surface area contributed by atoms with Gasteiger partial charge in [-0.25, -0.2) is 4.98 Å². The van der Waals surface area contributed by atoms with Crippen molar-refractivity contribution in [2.75, 3.05) is 31.6 Å². The molecular formula is C14H21BrClN3. The van der Waals surface area contributed by atoms with Crippen LogP contribution in [0, 0.1) is 0 Å². The molecule has 1 saturated heterocycles. The number of likely N-dealkylation sites (tertiary alicyclic amines) is 1. The molecule has 2 rings (SSSR count). The van der Waals surface area contributed by atoms with Crippen LogP contribution in [0.1, 0.15) is 25.3 Å². The van der Waals surface area contributed by atoms with Gasteiger partial charge in [0.15, 0.2) is 0 Å². The summed E-state index contributed by atoms with van der Waals surface area (Å²) in [6.45, 7) is 5.74. The van der Waals surface area contributed by atoms with Gasteiger partial charge < -0.3 is 9.80 Å². The van der Waals surface area contributed by atoms with E-state index in [0.717, 1.165) is 22.4 Å². The van der Waals surface area contributed by atoms with Crippen LogP contribution in [0.2, 0.25) is 0 Å². The normalized spacial score (nSPS) is 17.7. The number of piperidine rings is 1. The first kappa shape index (κ1) is 15.1. The van der Waals surface area contributed by atoms with Crippen LogP contribution in [0.3, 0.4) is 0 Å². The van der Waals surface area contributed by atoms with Crippen molar-refractivity contribution in [2.45, 2.75) is 31.7 Å². The van der Waals surface area contributed by atoms with Crippen LogP contribution in [0.5, 0.6) is 0 Å². The van der Waals surface area contributed by atoms with Crippen molar-refractivity contribution in [1.29, 1.82) is 0 Å². The van der Waals surface area contributed by atoms with Gasteiger partial charge in [-0.2, -0.15) is 0 Å². The maximum Gasteiger partial charge on any atom is 0.133 e. The Morgan fingerprint density at radius 1 is 1.47 bits per heavy atom. The standard InChI is InChI=1S/C14H21BrClN3/c1-3-19-6-4-13(5-7-19)18(2)14-11(9-16)8-12(15)10-17-14/h8,10,13H,3-7,9H2,1-2H3. The van der Waals surface area contributed by atoms with E-state index in [1.807, 2.05) is 6.20 Å². The minimum atomic E-state index is 0.500. The second-order valence-corrected chi connectivity index (χ2v) is 6.23. The van der Waals surface area contributed by atoms with Gasteiger partial charge in [0, 0.05) is 42.4 Å². The number of aromatic nitrogens is 1. The third kappa shape index (κ3) is 3.61. The van der Waals surface area contributed by atoms with Crippen molar-refractivity contribution in [3.8, 4) is 0 Å². The third-order valence-corrected chi connectivity index (χ3v) is 4.66. The van der Waals surface area contributed by atoms with Crippen molar-refractivity contribution in [3.05, 3.63) is 22.3 Å². The molecule has 106 valence electrons. The van der Waals surface area contributed by atoms with E-state index in [0.29, 0.717) is 11.9 Å². The molecule has 0 saturated carbocycles. The van der Waals surface area contributed by atoms with Crippen molar-refractivity contribution in [2.24, 2.45) is 0 Å². The maximum atomic E-state index is 6.04. The predicted octanol–water partition coefficient (Wildman–Crippen LogP) is 3.50. The fourth-order valence-corrected chi connectivity index (χ4v) is 3.26. The van der Waals surface area contributed by atoms with E-state index in [1.54, 1.807) is 0 Å². The lowest BCUT2D eigenvalue weighted by molar-refractivity contribution is 0.220. The molecule has 1 aliphatic heterocycles. The number of hydrogen-bond donors (Lipinski definition) is 0. The average Bonchev–Trinajstić information content (AvgIpc) is 2.46. The number of halogens is 2. The molecule has 0 aromatic carbocycles. The molecule has 5 heteroatoms. The van der Waals surface area contributed by atoms with Gasteiger partial charge in [-0.1, -0.05) is 6.92 Å². The van der Waals surface area contributed by atoms with E-state index in [4.69, 9.17) is 11.6 Å². The second kappa shape index (κ2) is 6.91. The monoisotopic (exact) mass is 345 g/mol. The minimum absolute atomic E-state index is 0.500. The zero-order chi connectivity index (χ0) is 13.8. The molecule has 0 bridgehead atoms. The quantitative estimate of drug-likeness (QED) is 0.778. The van der Waals surface area contributed by atoms with Crippen LogP contribution in [0.15, 0.2) is 16.7 Å². The summed E-state index contributed by atoms with van der Waals surface area (Å²) in [4.78, 5) is 9.35. The summed E-state index contributed by atoms with van der Waals surface area (Å²) in [6, 6.07) is 2.63. The smallest absolute Gasteiger partial charge is 0.133 e. The Balaban J connectivity index is 2.09. The summed E-state index contributed by atoms with van der Waals surface area (Å²) >= 11 is 9.49. The molecule has 0 spiro atoms. The van der Waals surface area contributed by atoms with Crippen LogP contribution in [-0.4, -0.2) is 42.6 Å². The van der Waals surface area contributed by atoms with Crippen LogP contribution in [0.4, 0.5) is 5.82 Å². The zero-order valence-electron chi connectivity index (χ0n) is 11.6. The number of alkyl halides is 1. The summed E-state index contributed by atoms with van der Waals surface area (Å²) in [5, 5.41) is 0. The average molecular weight is 347 g/mol. The van der Waals surface area contributed by atoms with Gasteiger partial charge in [0.25, 0.3) is 0 Å². The molecule has 1 fully saturated rings. The fourth-order valence-electron chi connectivity index (χ4n) is 2.69. The Labute approximate surface area is 129 Å². The lowest BCUT2D eigenvalue weighted by Crippen LogP contribution is -2.43. The van der Waals surface area contributed by atoms with E-state index in [2.05, 4.69) is 50.8 Å². The molecule has 3 nitrogen and oxygen atoms in total. The number of pyridine rings is 1. The van der Waals surface area contributed by atoms with Gasteiger partial charge in [0.05, 0.1) is 5.88 Å². The Hall–Kier alpha value is -0.320. The predicted molar refractivity (Wildman–Crippen MR) is 85.0 cm³/mol. The number of nitrogens with zero attached hydrogens (tertiary/aromatic N) is 3. The SMILES string of the molecule is CCN1CCC(N(C)c2ncc(Br)cc2CCl)CC1. The molecule has 19 heavy (non-hydrogen) atoms. The first-order chi connectivity index (χ1) is 9.15. The molecule has 0 atom stereocenters. The molecule has 0 radical (unpaired) electrons. The number of anilines is 1. The number of rotatable bonds is 4. The van der Waals surface area contributed by atoms with E-state index < -0.39 is 0 Å². The Morgan fingerprint density at radius 2 is 2.16 bits per heavy atom. The van der Waals surface area contributed by atoms with E-state index in [-0.39, 0.29) is 0 Å². The van der Waals surface area contributed by atoms with Crippen molar-refractivity contribution in [1.82, 2.24) is 9.88 Å². The van der Waals surface area contributed by atoms with Gasteiger partial charge in [0.1, 0.15) is 5.82 Å². The molecule has 0 aliphatic carbocycles. The second-order valence-electron chi connectivity index (χ2n) is 5.05. The zero-order valence-corrected chi connectivity index (χ0v) is 13.9. The fraction of sp³-hybridized carbons (Fsp3) is 0.643. The Bertz CT molecular complexity index is 419. The summed E-state index contributed by atoms with van der Waals surface area (Å²) in [5.74, 6) is 1.52. The maximum absolute atomic E-state index is 6.04. The molecule has 1 aromatic rings. The lowest BCUT2D eigenvalue weighted by atomic mass is 10.0. The van der Waals surface area contributed by atoms with Gasteiger partial charge in [-0.15, -0.1) is 11.6 Å². The first-order valence-electron chi connectivity index (χ1n) is 6.81. The Morgan fingerprint density at radius 3 is 2.74 bits per heavy atom. The highest BCUT2D eigenvalue weighted by atomic mass is 79.9. The summed E-state index contributed by atoms with van der Waals surface area (Å²) in [6.07, 6.45) is 4.25. The van der Waals surface area contributed by atoms with Crippen LogP contribution in [0.25, 0.3) is 0 Å². The summed E-state index contributed by atoms with van der Waals surface area (Å²) < 4.78 is 0.987. The molecule has 1 aromatic heterocycles. The van der Waals surface area contributed by atoms with E-state index >= 15 is 0 Å². The van der Waals surface area contributed by atoms with Crippen molar-refractivity contribution < 1.29 is 0 Å². The van der Waals surface area contributed by atoms with E-state index in [9.17, 15) is 0 Å². The first-order valence-corrected chi connectivity index (χ1v) is 8.14. The summed E-state index contributed by atoms with van der Waals surface area (Å²) in [5.41, 5.74) is 1.09. The molecule has 1 aliphatic rings. The molecular weight excluding hydrogens is 326 g/mol. The highest BCUT2D eigenvalue weighted by molar-refractivity contribution is 9.10. The van der Waals surface area contributed by atoms with Gasteiger partial charge in [0.2, 0.25) is 0 Å². The van der Waals surface area contributed by atoms with Crippen LogP contribution in [-0.2, 0) is 5.88 Å². The van der Waals surface area contributed by atoms with Gasteiger partial charge in [-0.05, 0) is 41.4 Å². The topological polar surface area (TPSA) is 19.4 Å². The minimum Gasteiger partial charge on any atom is -0.356 e. The lowest BCUT2D eigenvalue weighted by Gasteiger charge is -2.37. The van der Waals surface area contributed by atoms with Crippen molar-refractivity contribution >= 4 is 33.3 Å². The molecule has 0 unspecified atom stereocenters. The highest BCUT2D eigenvalue weighted by Crippen LogP contribution is 2.26. The van der Waals surface area contributed by atoms with Crippen molar-refractivity contribution in [3.63, 3.8) is 0 Å². The molecule has 2 heterocycles. The van der Waals surface area contributed by atoms with E-state index in [1.165, 1.54) is 25.9 Å². The largest absolute Gasteiger partial charge is 0.356 e. The highest BCUT2D eigenvalue weighted by Gasteiger charge is 2.23. The molecule has 0 amide bonds.